The van der Waals surface area contributed by atoms with Crippen molar-refractivity contribution < 1.29 is 28.7 Å². The summed E-state index contributed by atoms with van der Waals surface area (Å²) < 4.78 is 11.6. The van der Waals surface area contributed by atoms with Crippen LogP contribution >= 0.6 is 24.4 Å². The van der Waals surface area contributed by atoms with Gasteiger partial charge < -0.3 is 9.47 Å². The molecule has 12 heteroatoms. The first-order valence-corrected chi connectivity index (χ1v) is 15.4. The van der Waals surface area contributed by atoms with Gasteiger partial charge in [-0.3, -0.25) is 40.4 Å². The summed E-state index contributed by atoms with van der Waals surface area (Å²) in [5.41, 5.74) is 3.40. The first-order valence-electron chi connectivity index (χ1n) is 14.5. The van der Waals surface area contributed by atoms with Gasteiger partial charge in [0.2, 0.25) is 0 Å². The van der Waals surface area contributed by atoms with Gasteiger partial charge in [-0.2, -0.15) is 0 Å². The van der Waals surface area contributed by atoms with Gasteiger partial charge in [-0.1, -0.05) is 91.0 Å². The molecule has 0 aliphatic carbocycles. The van der Waals surface area contributed by atoms with Crippen LogP contribution in [0.4, 0.5) is 0 Å². The summed E-state index contributed by atoms with van der Waals surface area (Å²) in [7, 11) is 0. The summed E-state index contributed by atoms with van der Waals surface area (Å²) >= 11 is 9.55. The van der Waals surface area contributed by atoms with Crippen LogP contribution < -0.4 is 30.7 Å². The van der Waals surface area contributed by atoms with Crippen molar-refractivity contribution in [2.24, 2.45) is 0 Å². The number of ether oxygens (including phenoxy) is 2. The Balaban J connectivity index is 0.000000188. The number of para-hydroxylation sites is 1. The molecule has 0 unspecified atom stereocenters. The molecule has 0 atom stereocenters. The van der Waals surface area contributed by atoms with Crippen molar-refractivity contribution in [1.82, 2.24) is 21.3 Å². The van der Waals surface area contributed by atoms with Crippen molar-refractivity contribution in [1.29, 1.82) is 0 Å². The molecule has 4 amide bonds. The molecule has 4 aromatic carbocycles. The van der Waals surface area contributed by atoms with Gasteiger partial charge in [-0.25, -0.2) is 0 Å². The Morgan fingerprint density at radius 3 is 1.56 bits per heavy atom. The molecule has 2 heterocycles. The van der Waals surface area contributed by atoms with E-state index in [4.69, 9.17) is 33.9 Å². The molecule has 2 aliphatic rings. The van der Waals surface area contributed by atoms with Gasteiger partial charge in [0.25, 0.3) is 23.6 Å². The number of carbonyl (C=O) groups excluding carboxylic acids is 4. The van der Waals surface area contributed by atoms with Crippen LogP contribution in [-0.2, 0) is 32.4 Å². The maximum atomic E-state index is 11.9. The molecular weight excluding hydrogens is 649 g/mol. The molecule has 4 N–H and O–H groups in total. The lowest BCUT2D eigenvalue weighted by Crippen LogP contribution is -2.51. The van der Waals surface area contributed by atoms with E-state index in [2.05, 4.69) is 21.3 Å². The Bertz CT molecular complexity index is 1900. The fraction of sp³-hybridized carbons (Fsp3) is 0.0556. The molecule has 6 rings (SSSR count). The predicted molar refractivity (Wildman–Crippen MR) is 188 cm³/mol. The van der Waals surface area contributed by atoms with Gasteiger partial charge >= 0.3 is 0 Å². The van der Waals surface area contributed by atoms with Crippen molar-refractivity contribution in [3.8, 4) is 11.5 Å². The third kappa shape index (κ3) is 9.28. The highest BCUT2D eigenvalue weighted by molar-refractivity contribution is 7.80. The van der Waals surface area contributed by atoms with E-state index < -0.39 is 23.6 Å². The first kappa shape index (κ1) is 33.4. The monoisotopic (exact) mass is 676 g/mol. The third-order valence-corrected chi connectivity index (χ3v) is 7.17. The lowest BCUT2D eigenvalue weighted by Gasteiger charge is -2.17. The number of hydrogen-bond donors (Lipinski definition) is 4. The lowest BCUT2D eigenvalue weighted by atomic mass is 10.1. The maximum absolute atomic E-state index is 11.9. The second kappa shape index (κ2) is 16.0. The number of hydrogen-bond acceptors (Lipinski definition) is 8. The maximum Gasteiger partial charge on any atom is 0.263 e. The predicted octanol–water partition coefficient (Wildman–Crippen LogP) is 4.36. The van der Waals surface area contributed by atoms with E-state index >= 15 is 0 Å². The standard InChI is InChI=1S/2C18H14N2O3S/c21-16-14(17(22)20-18(24)19-16)10-13-8-4-5-9-15(13)23-11-12-6-2-1-3-7-12;21-16-15(17(22)20-18(24)19-16)10-13-7-4-8-14(9-13)23-11-12-5-2-1-3-6-12/h2*1-10H,11H2,(H2,19,20,21,22,24). The van der Waals surface area contributed by atoms with E-state index in [0.717, 1.165) is 11.1 Å². The van der Waals surface area contributed by atoms with Crippen molar-refractivity contribution >= 4 is 70.4 Å². The highest BCUT2D eigenvalue weighted by atomic mass is 32.1. The minimum Gasteiger partial charge on any atom is -0.489 e. The van der Waals surface area contributed by atoms with Crippen LogP contribution in [0.5, 0.6) is 11.5 Å². The zero-order valence-electron chi connectivity index (χ0n) is 25.2. The SMILES string of the molecule is O=C1NC(=S)NC(=O)C1=Cc1cccc(OCc2ccccc2)c1.O=C1NC(=S)NC(=O)C1=Cc1ccccc1OCc1ccccc1. The van der Waals surface area contributed by atoms with E-state index in [1.54, 1.807) is 30.3 Å². The quantitative estimate of drug-likeness (QED) is 0.123. The third-order valence-electron chi connectivity index (χ3n) is 6.76. The summed E-state index contributed by atoms with van der Waals surface area (Å²) in [5, 5.41) is 9.65. The number of amides is 4. The van der Waals surface area contributed by atoms with Gasteiger partial charge in [-0.15, -0.1) is 0 Å². The Labute approximate surface area is 286 Å². The molecule has 48 heavy (non-hydrogen) atoms. The van der Waals surface area contributed by atoms with Gasteiger partial charge in [0.1, 0.15) is 35.9 Å². The zero-order chi connectivity index (χ0) is 33.9. The molecule has 240 valence electrons. The number of rotatable bonds is 8. The Morgan fingerprint density at radius 1 is 0.521 bits per heavy atom. The molecule has 0 saturated carbocycles. The molecule has 0 aromatic heterocycles. The van der Waals surface area contributed by atoms with Crippen molar-refractivity contribution in [2.75, 3.05) is 0 Å². The van der Waals surface area contributed by atoms with E-state index in [1.165, 1.54) is 12.2 Å². The molecule has 0 bridgehead atoms. The topological polar surface area (TPSA) is 135 Å². The van der Waals surface area contributed by atoms with E-state index in [-0.39, 0.29) is 21.4 Å². The summed E-state index contributed by atoms with van der Waals surface area (Å²) in [6.07, 6.45) is 2.99. The molecule has 4 aromatic rings. The molecule has 2 fully saturated rings. The number of nitrogens with one attached hydrogen (secondary N) is 4. The highest BCUT2D eigenvalue weighted by Crippen LogP contribution is 2.23. The van der Waals surface area contributed by atoms with Crippen molar-refractivity contribution in [2.45, 2.75) is 13.2 Å². The van der Waals surface area contributed by atoms with Gasteiger partial charge in [0.15, 0.2) is 10.2 Å². The van der Waals surface area contributed by atoms with Crippen molar-refractivity contribution in [3.05, 3.63) is 143 Å². The summed E-state index contributed by atoms with van der Waals surface area (Å²) in [5.74, 6) is -0.843. The first-order chi connectivity index (χ1) is 23.2. The van der Waals surface area contributed by atoms with Crippen LogP contribution in [-0.4, -0.2) is 33.9 Å². The molecule has 0 spiro atoms. The van der Waals surface area contributed by atoms with Gasteiger partial charge in [0, 0.05) is 5.56 Å². The summed E-state index contributed by atoms with van der Waals surface area (Å²) in [4.78, 5) is 47.6. The van der Waals surface area contributed by atoms with E-state index in [0.29, 0.717) is 35.8 Å². The number of thiocarbonyl (C=S) groups is 2. The summed E-state index contributed by atoms with van der Waals surface area (Å²) in [6.45, 7) is 0.833. The van der Waals surface area contributed by atoms with Crippen LogP contribution in [0.15, 0.2) is 120 Å². The fourth-order valence-electron chi connectivity index (χ4n) is 4.44. The smallest absolute Gasteiger partial charge is 0.263 e. The Morgan fingerprint density at radius 2 is 1.00 bits per heavy atom. The minimum atomic E-state index is -0.526. The van der Waals surface area contributed by atoms with Crippen LogP contribution in [0.2, 0.25) is 0 Å². The molecule has 10 nitrogen and oxygen atoms in total. The molecule has 0 radical (unpaired) electrons. The van der Waals surface area contributed by atoms with Gasteiger partial charge in [-0.05, 0) is 71.5 Å². The zero-order valence-corrected chi connectivity index (χ0v) is 26.9. The van der Waals surface area contributed by atoms with E-state index in [1.807, 2.05) is 78.9 Å². The number of carbonyl (C=O) groups is 4. The van der Waals surface area contributed by atoms with Crippen molar-refractivity contribution in [3.63, 3.8) is 0 Å². The molecule has 2 aliphatic heterocycles. The van der Waals surface area contributed by atoms with Crippen LogP contribution in [0.25, 0.3) is 12.2 Å². The largest absolute Gasteiger partial charge is 0.489 e. The minimum absolute atomic E-state index is 0.00353. The second-order valence-corrected chi connectivity index (χ2v) is 11.1. The normalized spacial score (nSPS) is 14.0. The highest BCUT2D eigenvalue weighted by Gasteiger charge is 2.26. The van der Waals surface area contributed by atoms with E-state index in [9.17, 15) is 19.2 Å². The Kier molecular flexibility index (Phi) is 11.1. The van der Waals surface area contributed by atoms with Crippen LogP contribution in [0, 0.1) is 0 Å². The molecular formula is C36H28N4O6S2. The van der Waals surface area contributed by atoms with Gasteiger partial charge in [0.05, 0.1) is 0 Å². The average molecular weight is 677 g/mol. The van der Waals surface area contributed by atoms with Crippen LogP contribution in [0.1, 0.15) is 22.3 Å². The average Bonchev–Trinajstić information content (AvgIpc) is 3.08. The Hall–Kier alpha value is -5.98. The second-order valence-electron chi connectivity index (χ2n) is 10.2. The number of benzene rings is 4. The summed E-state index contributed by atoms with van der Waals surface area (Å²) in [6, 6.07) is 33.9. The fourth-order valence-corrected chi connectivity index (χ4v) is 4.81. The molecule has 2 saturated heterocycles. The van der Waals surface area contributed by atoms with Crippen LogP contribution in [0.3, 0.4) is 0 Å². The lowest BCUT2D eigenvalue weighted by molar-refractivity contribution is -0.124.